The number of hydrogen-bond acceptors (Lipinski definition) is 3. The summed E-state index contributed by atoms with van der Waals surface area (Å²) >= 11 is 2.18. The Morgan fingerprint density at radius 3 is 2.67 bits per heavy atom. The van der Waals surface area contributed by atoms with Gasteiger partial charge in [-0.05, 0) is 53.8 Å². The Kier molecular flexibility index (Phi) is 3.90. The van der Waals surface area contributed by atoms with Crippen molar-refractivity contribution in [2.75, 3.05) is 0 Å². The van der Waals surface area contributed by atoms with Crippen molar-refractivity contribution in [2.45, 2.75) is 13.0 Å². The number of aromatic carboxylic acids is 1. The van der Waals surface area contributed by atoms with E-state index in [0.29, 0.717) is 5.76 Å². The van der Waals surface area contributed by atoms with E-state index in [4.69, 9.17) is 14.3 Å². The number of para-hydroxylation sites is 1. The van der Waals surface area contributed by atoms with Gasteiger partial charge < -0.3 is 14.3 Å². The minimum absolute atomic E-state index is 0.0804. The highest BCUT2D eigenvalue weighted by Gasteiger charge is 2.16. The van der Waals surface area contributed by atoms with Crippen molar-refractivity contribution in [3.8, 4) is 5.75 Å². The summed E-state index contributed by atoms with van der Waals surface area (Å²) in [5.74, 6) is 0.0804. The molecule has 1 aromatic carbocycles. The van der Waals surface area contributed by atoms with Gasteiger partial charge in [-0.15, -0.1) is 0 Å². The van der Waals surface area contributed by atoms with Crippen LogP contribution in [0.5, 0.6) is 5.75 Å². The normalized spacial score (nSPS) is 12.1. The predicted molar refractivity (Wildman–Crippen MR) is 73.9 cm³/mol. The molecule has 0 saturated heterocycles. The van der Waals surface area contributed by atoms with Gasteiger partial charge >= 0.3 is 5.97 Å². The lowest BCUT2D eigenvalue weighted by molar-refractivity contribution is 0.0655. The zero-order valence-electron chi connectivity index (χ0n) is 9.59. The topological polar surface area (TPSA) is 59.7 Å². The van der Waals surface area contributed by atoms with Crippen LogP contribution in [0.2, 0.25) is 0 Å². The van der Waals surface area contributed by atoms with Gasteiger partial charge in [0, 0.05) is 0 Å². The molecule has 0 radical (unpaired) electrons. The molecule has 0 fully saturated rings. The molecule has 0 spiro atoms. The van der Waals surface area contributed by atoms with E-state index in [1.165, 1.54) is 6.07 Å². The Bertz CT molecular complexity index is 562. The van der Waals surface area contributed by atoms with Gasteiger partial charge in [0.25, 0.3) is 0 Å². The fourth-order valence-corrected chi connectivity index (χ4v) is 1.99. The fraction of sp³-hybridized carbons (Fsp3) is 0.154. The van der Waals surface area contributed by atoms with Crippen molar-refractivity contribution < 1.29 is 19.1 Å². The molecule has 5 heteroatoms. The number of carbonyl (C=O) groups is 1. The number of ether oxygens (including phenoxy) is 1. The molecule has 0 aliphatic carbocycles. The molecular formula is C13H11IO4. The van der Waals surface area contributed by atoms with Crippen LogP contribution < -0.4 is 4.74 Å². The summed E-state index contributed by atoms with van der Waals surface area (Å²) in [6, 6.07) is 10.6. The van der Waals surface area contributed by atoms with Crippen LogP contribution in [0.25, 0.3) is 0 Å². The van der Waals surface area contributed by atoms with Crippen LogP contribution in [0.15, 0.2) is 40.8 Å². The first kappa shape index (κ1) is 12.9. The molecule has 0 saturated carbocycles. The summed E-state index contributed by atoms with van der Waals surface area (Å²) < 4.78 is 11.9. The number of rotatable bonds is 4. The van der Waals surface area contributed by atoms with Crippen LogP contribution in [0, 0.1) is 3.57 Å². The van der Waals surface area contributed by atoms with Gasteiger partial charge in [-0.25, -0.2) is 4.79 Å². The fourth-order valence-electron chi connectivity index (χ4n) is 1.48. The quantitative estimate of drug-likeness (QED) is 0.847. The maximum atomic E-state index is 10.7. The van der Waals surface area contributed by atoms with Crippen LogP contribution >= 0.6 is 22.6 Å². The molecule has 4 nitrogen and oxygen atoms in total. The van der Waals surface area contributed by atoms with Crippen LogP contribution in [0.4, 0.5) is 0 Å². The molecule has 0 aliphatic heterocycles. The van der Waals surface area contributed by atoms with Gasteiger partial charge in [-0.3, -0.25) is 0 Å². The van der Waals surface area contributed by atoms with Crippen LogP contribution in [-0.2, 0) is 0 Å². The molecular weight excluding hydrogens is 347 g/mol. The zero-order chi connectivity index (χ0) is 13.1. The first-order valence-corrected chi connectivity index (χ1v) is 6.40. The number of hydrogen-bond donors (Lipinski definition) is 1. The SMILES string of the molecule is CC(Oc1ccccc1I)c1ccc(C(=O)O)o1. The van der Waals surface area contributed by atoms with Crippen molar-refractivity contribution in [3.63, 3.8) is 0 Å². The summed E-state index contributed by atoms with van der Waals surface area (Å²) in [5.41, 5.74) is 0. The second kappa shape index (κ2) is 5.43. The number of benzene rings is 1. The standard InChI is InChI=1S/C13H11IO4/c1-8(10-6-7-12(18-10)13(15)16)17-11-5-3-2-4-9(11)14/h2-8H,1H3,(H,15,16). The van der Waals surface area contributed by atoms with Gasteiger partial charge in [0.1, 0.15) is 11.5 Å². The van der Waals surface area contributed by atoms with E-state index in [1.807, 2.05) is 31.2 Å². The van der Waals surface area contributed by atoms with Crippen LogP contribution in [0.3, 0.4) is 0 Å². The maximum absolute atomic E-state index is 10.7. The molecule has 1 heterocycles. The van der Waals surface area contributed by atoms with Crippen molar-refractivity contribution in [1.29, 1.82) is 0 Å². The van der Waals surface area contributed by atoms with Crippen molar-refractivity contribution in [3.05, 3.63) is 51.5 Å². The molecule has 1 atom stereocenters. The summed E-state index contributed by atoms with van der Waals surface area (Å²) in [4.78, 5) is 10.7. The first-order valence-electron chi connectivity index (χ1n) is 5.32. The summed E-state index contributed by atoms with van der Waals surface area (Å²) in [5, 5.41) is 8.78. The van der Waals surface area contributed by atoms with E-state index in [1.54, 1.807) is 6.07 Å². The lowest BCUT2D eigenvalue weighted by atomic mass is 10.3. The Morgan fingerprint density at radius 1 is 1.33 bits per heavy atom. The van der Waals surface area contributed by atoms with E-state index in [9.17, 15) is 4.79 Å². The average molecular weight is 358 g/mol. The average Bonchev–Trinajstić information content (AvgIpc) is 2.81. The van der Waals surface area contributed by atoms with Gasteiger partial charge in [0.15, 0.2) is 6.10 Å². The Morgan fingerprint density at radius 2 is 2.06 bits per heavy atom. The minimum atomic E-state index is -1.08. The number of carboxylic acids is 1. The molecule has 94 valence electrons. The van der Waals surface area contributed by atoms with Crippen molar-refractivity contribution in [2.24, 2.45) is 0 Å². The second-order valence-corrected chi connectivity index (χ2v) is 4.86. The van der Waals surface area contributed by atoms with E-state index in [2.05, 4.69) is 22.6 Å². The largest absolute Gasteiger partial charge is 0.482 e. The van der Waals surface area contributed by atoms with E-state index in [0.717, 1.165) is 9.32 Å². The lowest BCUT2D eigenvalue weighted by Gasteiger charge is -2.13. The smallest absolute Gasteiger partial charge is 0.371 e. The highest BCUT2D eigenvalue weighted by atomic mass is 127. The maximum Gasteiger partial charge on any atom is 0.371 e. The molecule has 18 heavy (non-hydrogen) atoms. The van der Waals surface area contributed by atoms with Crippen molar-refractivity contribution in [1.82, 2.24) is 0 Å². The zero-order valence-corrected chi connectivity index (χ0v) is 11.7. The number of carboxylic acid groups (broad SMARTS) is 1. The molecule has 2 rings (SSSR count). The predicted octanol–water partition coefficient (Wildman–Crippen LogP) is 3.72. The first-order chi connectivity index (χ1) is 8.58. The van der Waals surface area contributed by atoms with Gasteiger partial charge in [-0.2, -0.15) is 0 Å². The molecule has 0 aliphatic rings. The van der Waals surface area contributed by atoms with E-state index >= 15 is 0 Å². The van der Waals surface area contributed by atoms with Gasteiger partial charge in [-0.1, -0.05) is 12.1 Å². The molecule has 0 bridgehead atoms. The van der Waals surface area contributed by atoms with Crippen LogP contribution in [0.1, 0.15) is 29.3 Å². The lowest BCUT2D eigenvalue weighted by Crippen LogP contribution is -2.03. The molecule has 0 amide bonds. The van der Waals surface area contributed by atoms with Crippen molar-refractivity contribution >= 4 is 28.6 Å². The van der Waals surface area contributed by atoms with E-state index in [-0.39, 0.29) is 11.9 Å². The summed E-state index contributed by atoms with van der Waals surface area (Å²) in [6.45, 7) is 1.81. The Labute approximate surface area is 118 Å². The summed E-state index contributed by atoms with van der Waals surface area (Å²) in [7, 11) is 0. The van der Waals surface area contributed by atoms with Crippen LogP contribution in [-0.4, -0.2) is 11.1 Å². The van der Waals surface area contributed by atoms with Gasteiger partial charge in [0.05, 0.1) is 3.57 Å². The molecule has 1 N–H and O–H groups in total. The number of halogens is 1. The Hall–Kier alpha value is -1.50. The highest BCUT2D eigenvalue weighted by molar-refractivity contribution is 14.1. The summed E-state index contributed by atoms with van der Waals surface area (Å²) in [6.07, 6.45) is -0.339. The third-order valence-electron chi connectivity index (χ3n) is 2.38. The van der Waals surface area contributed by atoms with E-state index < -0.39 is 5.97 Å². The minimum Gasteiger partial charge on any atom is -0.482 e. The third-order valence-corrected chi connectivity index (χ3v) is 3.27. The third kappa shape index (κ3) is 2.84. The molecule has 1 aromatic heterocycles. The Balaban J connectivity index is 2.14. The molecule has 1 unspecified atom stereocenters. The monoisotopic (exact) mass is 358 g/mol. The number of furan rings is 1. The van der Waals surface area contributed by atoms with Gasteiger partial charge in [0.2, 0.25) is 5.76 Å². The molecule has 2 aromatic rings. The second-order valence-electron chi connectivity index (χ2n) is 3.70. The highest BCUT2D eigenvalue weighted by Crippen LogP contribution is 2.27.